The SMILES string of the molecule is CC(CNC(=O)c1ccc(N)c(F)c1)N(C)C. The van der Waals surface area contributed by atoms with Crippen LogP contribution in [0, 0.1) is 5.82 Å². The van der Waals surface area contributed by atoms with Crippen LogP contribution in [0.15, 0.2) is 18.2 Å². The third kappa shape index (κ3) is 3.71. The molecule has 1 amide bonds. The molecule has 0 radical (unpaired) electrons. The van der Waals surface area contributed by atoms with E-state index in [4.69, 9.17) is 5.73 Å². The monoisotopic (exact) mass is 239 g/mol. The number of nitrogen functional groups attached to an aromatic ring is 1. The number of hydrogen-bond donors (Lipinski definition) is 2. The van der Waals surface area contributed by atoms with Crippen molar-refractivity contribution in [3.05, 3.63) is 29.6 Å². The largest absolute Gasteiger partial charge is 0.396 e. The third-order valence-corrected chi connectivity index (χ3v) is 2.70. The van der Waals surface area contributed by atoms with Gasteiger partial charge >= 0.3 is 0 Å². The molecule has 0 bridgehead atoms. The average molecular weight is 239 g/mol. The molecule has 1 aromatic rings. The number of carbonyl (C=O) groups excluding carboxylic acids is 1. The molecule has 5 heteroatoms. The Hall–Kier alpha value is -1.62. The van der Waals surface area contributed by atoms with E-state index < -0.39 is 5.82 Å². The van der Waals surface area contributed by atoms with E-state index in [2.05, 4.69) is 5.32 Å². The fourth-order valence-corrected chi connectivity index (χ4v) is 1.19. The number of nitrogens with zero attached hydrogens (tertiary/aromatic N) is 1. The van der Waals surface area contributed by atoms with E-state index in [1.807, 2.05) is 25.9 Å². The minimum absolute atomic E-state index is 0.0446. The van der Waals surface area contributed by atoms with Crippen molar-refractivity contribution in [2.45, 2.75) is 13.0 Å². The number of anilines is 1. The molecule has 17 heavy (non-hydrogen) atoms. The van der Waals surface area contributed by atoms with Crippen LogP contribution in [0.2, 0.25) is 0 Å². The van der Waals surface area contributed by atoms with Gasteiger partial charge in [-0.2, -0.15) is 0 Å². The van der Waals surface area contributed by atoms with Crippen molar-refractivity contribution < 1.29 is 9.18 Å². The Morgan fingerprint density at radius 1 is 1.53 bits per heavy atom. The Labute approximate surface area is 101 Å². The van der Waals surface area contributed by atoms with E-state index in [0.29, 0.717) is 6.54 Å². The fraction of sp³-hybridized carbons (Fsp3) is 0.417. The molecule has 0 aromatic heterocycles. The molecule has 0 saturated heterocycles. The predicted octanol–water partition coefficient (Wildman–Crippen LogP) is 1.09. The van der Waals surface area contributed by atoms with Gasteiger partial charge in [0.2, 0.25) is 0 Å². The van der Waals surface area contributed by atoms with Gasteiger partial charge in [0.1, 0.15) is 5.82 Å². The first kappa shape index (κ1) is 13.4. The van der Waals surface area contributed by atoms with Crippen LogP contribution >= 0.6 is 0 Å². The van der Waals surface area contributed by atoms with Crippen LogP contribution in [0.3, 0.4) is 0 Å². The second kappa shape index (κ2) is 5.63. The molecule has 0 heterocycles. The number of nitrogens with two attached hydrogens (primary N) is 1. The van der Waals surface area contributed by atoms with Crippen molar-refractivity contribution in [3.8, 4) is 0 Å². The maximum atomic E-state index is 13.2. The van der Waals surface area contributed by atoms with Crippen LogP contribution in [0.25, 0.3) is 0 Å². The Bertz CT molecular complexity index is 407. The van der Waals surface area contributed by atoms with Crippen LogP contribution in [-0.4, -0.2) is 37.5 Å². The fourth-order valence-electron chi connectivity index (χ4n) is 1.19. The molecule has 1 aromatic carbocycles. The van der Waals surface area contributed by atoms with Crippen LogP contribution in [-0.2, 0) is 0 Å². The summed E-state index contributed by atoms with van der Waals surface area (Å²) in [6.07, 6.45) is 0. The van der Waals surface area contributed by atoms with Gasteiger partial charge < -0.3 is 16.0 Å². The zero-order valence-corrected chi connectivity index (χ0v) is 10.3. The first-order chi connectivity index (χ1) is 7.91. The molecule has 3 N–H and O–H groups in total. The zero-order chi connectivity index (χ0) is 13.0. The summed E-state index contributed by atoms with van der Waals surface area (Å²) in [6, 6.07) is 4.26. The van der Waals surface area contributed by atoms with E-state index >= 15 is 0 Å². The Morgan fingerprint density at radius 3 is 2.71 bits per heavy atom. The highest BCUT2D eigenvalue weighted by atomic mass is 19.1. The standard InChI is InChI=1S/C12H18FN3O/c1-8(16(2)3)7-15-12(17)9-4-5-11(14)10(13)6-9/h4-6,8H,7,14H2,1-3H3,(H,15,17). The summed E-state index contributed by atoms with van der Waals surface area (Å²) in [5.41, 5.74) is 5.66. The van der Waals surface area contributed by atoms with E-state index in [-0.39, 0.29) is 23.2 Å². The number of likely N-dealkylation sites (N-methyl/N-ethyl adjacent to an activating group) is 1. The number of hydrogen-bond acceptors (Lipinski definition) is 3. The third-order valence-electron chi connectivity index (χ3n) is 2.70. The topological polar surface area (TPSA) is 58.4 Å². The molecule has 1 atom stereocenters. The van der Waals surface area contributed by atoms with E-state index in [1.165, 1.54) is 12.1 Å². The van der Waals surface area contributed by atoms with Crippen molar-refractivity contribution in [2.24, 2.45) is 0 Å². The molecule has 94 valence electrons. The van der Waals surface area contributed by atoms with Gasteiger partial charge in [0.15, 0.2) is 0 Å². The zero-order valence-electron chi connectivity index (χ0n) is 10.3. The van der Waals surface area contributed by atoms with Gasteiger partial charge in [-0.1, -0.05) is 0 Å². The van der Waals surface area contributed by atoms with Crippen LogP contribution < -0.4 is 11.1 Å². The highest BCUT2D eigenvalue weighted by Crippen LogP contribution is 2.11. The van der Waals surface area contributed by atoms with Gasteiger partial charge in [0, 0.05) is 18.2 Å². The first-order valence-corrected chi connectivity index (χ1v) is 5.41. The smallest absolute Gasteiger partial charge is 0.251 e. The second-order valence-corrected chi connectivity index (χ2v) is 4.26. The van der Waals surface area contributed by atoms with Gasteiger partial charge in [-0.05, 0) is 39.2 Å². The first-order valence-electron chi connectivity index (χ1n) is 5.41. The lowest BCUT2D eigenvalue weighted by atomic mass is 10.2. The number of nitrogens with one attached hydrogen (secondary N) is 1. The summed E-state index contributed by atoms with van der Waals surface area (Å²) in [6.45, 7) is 2.50. The molecule has 0 fully saturated rings. The van der Waals surface area contributed by atoms with Crippen molar-refractivity contribution in [1.82, 2.24) is 10.2 Å². The number of benzene rings is 1. The van der Waals surface area contributed by atoms with Gasteiger partial charge in [-0.25, -0.2) is 4.39 Å². The van der Waals surface area contributed by atoms with Crippen LogP contribution in [0.5, 0.6) is 0 Å². The highest BCUT2D eigenvalue weighted by Gasteiger charge is 2.10. The summed E-state index contributed by atoms with van der Waals surface area (Å²) < 4.78 is 13.2. The highest BCUT2D eigenvalue weighted by molar-refractivity contribution is 5.94. The summed E-state index contributed by atoms with van der Waals surface area (Å²) in [5, 5.41) is 2.74. The van der Waals surface area contributed by atoms with Gasteiger partial charge in [0.25, 0.3) is 5.91 Å². The molecule has 0 spiro atoms. The van der Waals surface area contributed by atoms with Gasteiger partial charge in [0.05, 0.1) is 5.69 Å². The molecule has 4 nitrogen and oxygen atoms in total. The van der Waals surface area contributed by atoms with E-state index in [1.54, 1.807) is 0 Å². The maximum Gasteiger partial charge on any atom is 0.251 e. The summed E-state index contributed by atoms with van der Waals surface area (Å²) in [4.78, 5) is 13.7. The van der Waals surface area contributed by atoms with Crippen LogP contribution in [0.1, 0.15) is 17.3 Å². The summed E-state index contributed by atoms with van der Waals surface area (Å²) in [5.74, 6) is -0.865. The van der Waals surface area contributed by atoms with Crippen molar-refractivity contribution in [2.75, 3.05) is 26.4 Å². The maximum absolute atomic E-state index is 13.2. The quantitative estimate of drug-likeness (QED) is 0.773. The van der Waals surface area contributed by atoms with Gasteiger partial charge in [-0.15, -0.1) is 0 Å². The predicted molar refractivity (Wildman–Crippen MR) is 66.3 cm³/mol. The summed E-state index contributed by atoms with van der Waals surface area (Å²) in [7, 11) is 3.86. The van der Waals surface area contributed by atoms with Gasteiger partial charge in [-0.3, -0.25) is 4.79 Å². The number of rotatable bonds is 4. The Kier molecular flexibility index (Phi) is 4.45. The Morgan fingerprint density at radius 2 is 2.18 bits per heavy atom. The van der Waals surface area contributed by atoms with E-state index in [9.17, 15) is 9.18 Å². The number of carbonyl (C=O) groups is 1. The lowest BCUT2D eigenvalue weighted by Crippen LogP contribution is -2.38. The molecule has 0 aliphatic heterocycles. The lowest BCUT2D eigenvalue weighted by molar-refractivity contribution is 0.0943. The van der Waals surface area contributed by atoms with Crippen molar-refractivity contribution >= 4 is 11.6 Å². The summed E-state index contributed by atoms with van der Waals surface area (Å²) >= 11 is 0. The minimum atomic E-state index is -0.571. The molecule has 0 saturated carbocycles. The lowest BCUT2D eigenvalue weighted by Gasteiger charge is -2.19. The van der Waals surface area contributed by atoms with Crippen molar-refractivity contribution in [1.29, 1.82) is 0 Å². The molecule has 1 unspecified atom stereocenters. The van der Waals surface area contributed by atoms with Crippen LogP contribution in [0.4, 0.5) is 10.1 Å². The molecular formula is C12H18FN3O. The van der Waals surface area contributed by atoms with E-state index in [0.717, 1.165) is 6.07 Å². The van der Waals surface area contributed by atoms with Crippen molar-refractivity contribution in [3.63, 3.8) is 0 Å². The molecule has 0 aliphatic rings. The Balaban J connectivity index is 2.61. The molecular weight excluding hydrogens is 221 g/mol. The second-order valence-electron chi connectivity index (χ2n) is 4.26. The average Bonchev–Trinajstić information content (AvgIpc) is 2.28. The molecule has 0 aliphatic carbocycles. The molecule has 1 rings (SSSR count). The normalized spacial score (nSPS) is 12.5. The minimum Gasteiger partial charge on any atom is -0.396 e. The number of halogens is 1. The number of amides is 1.